The van der Waals surface area contributed by atoms with Gasteiger partial charge in [-0.05, 0) is 48.0 Å². The Bertz CT molecular complexity index is 1060. The van der Waals surface area contributed by atoms with Crippen LogP contribution in [0.4, 0.5) is 5.69 Å². The molecule has 2 aromatic carbocycles. The van der Waals surface area contributed by atoms with Gasteiger partial charge in [0.2, 0.25) is 5.89 Å². The third-order valence-electron chi connectivity index (χ3n) is 4.44. The molecule has 4 aromatic rings. The van der Waals surface area contributed by atoms with Crippen molar-refractivity contribution in [3.8, 4) is 11.5 Å². The highest BCUT2D eigenvalue weighted by molar-refractivity contribution is 5.97. The summed E-state index contributed by atoms with van der Waals surface area (Å²) in [6, 6.07) is 17.2. The van der Waals surface area contributed by atoms with E-state index < -0.39 is 0 Å². The Morgan fingerprint density at radius 1 is 1.07 bits per heavy atom. The van der Waals surface area contributed by atoms with Crippen molar-refractivity contribution in [1.82, 2.24) is 9.97 Å². The van der Waals surface area contributed by atoms with Gasteiger partial charge < -0.3 is 9.32 Å². The Hall–Kier alpha value is -3.47. The third-order valence-corrected chi connectivity index (χ3v) is 4.44. The van der Waals surface area contributed by atoms with Gasteiger partial charge in [0.05, 0.1) is 6.20 Å². The number of hydrogen-bond acceptors (Lipinski definition) is 5. The van der Waals surface area contributed by atoms with Crippen LogP contribution < -0.4 is 4.90 Å². The van der Waals surface area contributed by atoms with E-state index in [-0.39, 0.29) is 5.78 Å². The first-order valence-corrected chi connectivity index (χ1v) is 8.70. The quantitative estimate of drug-likeness (QED) is 0.496. The van der Waals surface area contributed by atoms with Crippen LogP contribution in [-0.4, -0.2) is 29.8 Å². The number of Topliss-reactive ketones (excluding diaryl/α,β-unsaturated/α-hetero) is 1. The normalized spacial score (nSPS) is 10.9. The molecule has 0 aliphatic heterocycles. The van der Waals surface area contributed by atoms with Crippen LogP contribution in [0.1, 0.15) is 15.9 Å². The average Bonchev–Trinajstić information content (AvgIpc) is 3.12. The molecule has 2 aromatic heterocycles. The first kappa shape index (κ1) is 17.0. The molecule has 134 valence electrons. The average molecular weight is 357 g/mol. The van der Waals surface area contributed by atoms with Crippen LogP contribution in [0.2, 0.25) is 0 Å². The van der Waals surface area contributed by atoms with Gasteiger partial charge in [0.15, 0.2) is 11.4 Å². The second-order valence-electron chi connectivity index (χ2n) is 6.60. The van der Waals surface area contributed by atoms with Gasteiger partial charge in [-0.3, -0.25) is 9.78 Å². The summed E-state index contributed by atoms with van der Waals surface area (Å²) in [5.41, 5.74) is 4.96. The fourth-order valence-corrected chi connectivity index (χ4v) is 2.95. The summed E-state index contributed by atoms with van der Waals surface area (Å²) in [7, 11) is 3.95. The molecule has 0 saturated carbocycles. The number of aromatic nitrogens is 2. The maximum Gasteiger partial charge on any atom is 0.227 e. The minimum absolute atomic E-state index is 0.0826. The summed E-state index contributed by atoms with van der Waals surface area (Å²) < 4.78 is 5.77. The number of nitrogens with zero attached hydrogens (tertiary/aromatic N) is 3. The Morgan fingerprint density at radius 2 is 1.89 bits per heavy atom. The molecule has 0 radical (unpaired) electrons. The summed E-state index contributed by atoms with van der Waals surface area (Å²) >= 11 is 0. The van der Waals surface area contributed by atoms with E-state index in [2.05, 4.69) is 9.97 Å². The number of benzene rings is 2. The first-order chi connectivity index (χ1) is 13.1. The molecular formula is C22H19N3O2. The van der Waals surface area contributed by atoms with E-state index in [1.165, 1.54) is 0 Å². The molecule has 0 spiro atoms. The van der Waals surface area contributed by atoms with Crippen molar-refractivity contribution in [3.63, 3.8) is 0 Å². The van der Waals surface area contributed by atoms with Gasteiger partial charge >= 0.3 is 0 Å². The smallest absolute Gasteiger partial charge is 0.227 e. The molecule has 5 nitrogen and oxygen atoms in total. The summed E-state index contributed by atoms with van der Waals surface area (Å²) in [5.74, 6) is 0.613. The molecule has 0 atom stereocenters. The Labute approximate surface area is 157 Å². The van der Waals surface area contributed by atoms with E-state index in [1.54, 1.807) is 12.4 Å². The minimum Gasteiger partial charge on any atom is -0.434 e. The molecule has 2 heterocycles. The summed E-state index contributed by atoms with van der Waals surface area (Å²) in [6.07, 6.45) is 3.67. The van der Waals surface area contributed by atoms with Crippen LogP contribution in [0.5, 0.6) is 0 Å². The molecule has 0 aliphatic carbocycles. The molecule has 0 fully saturated rings. The molecule has 0 bridgehead atoms. The van der Waals surface area contributed by atoms with Gasteiger partial charge in [-0.15, -0.1) is 0 Å². The largest absolute Gasteiger partial charge is 0.434 e. The molecule has 0 N–H and O–H groups in total. The van der Waals surface area contributed by atoms with E-state index >= 15 is 0 Å². The van der Waals surface area contributed by atoms with Crippen LogP contribution in [0.3, 0.4) is 0 Å². The third kappa shape index (κ3) is 3.58. The van der Waals surface area contributed by atoms with Crippen molar-refractivity contribution in [2.45, 2.75) is 6.42 Å². The lowest BCUT2D eigenvalue weighted by molar-refractivity contribution is 0.0993. The van der Waals surface area contributed by atoms with Crippen LogP contribution in [0.15, 0.2) is 71.4 Å². The van der Waals surface area contributed by atoms with Gasteiger partial charge in [0.1, 0.15) is 5.52 Å². The van der Waals surface area contributed by atoms with E-state index in [9.17, 15) is 4.79 Å². The molecule has 0 saturated heterocycles. The first-order valence-electron chi connectivity index (χ1n) is 8.70. The van der Waals surface area contributed by atoms with E-state index in [0.717, 1.165) is 22.3 Å². The van der Waals surface area contributed by atoms with Crippen molar-refractivity contribution in [3.05, 3.63) is 78.1 Å². The summed E-state index contributed by atoms with van der Waals surface area (Å²) in [6.45, 7) is 0. The van der Waals surface area contributed by atoms with Crippen LogP contribution >= 0.6 is 0 Å². The zero-order valence-corrected chi connectivity index (χ0v) is 15.2. The van der Waals surface area contributed by atoms with Crippen molar-refractivity contribution in [2.24, 2.45) is 0 Å². The lowest BCUT2D eigenvalue weighted by Crippen LogP contribution is -2.09. The molecule has 4 rings (SSSR count). The minimum atomic E-state index is 0.0826. The topological polar surface area (TPSA) is 59.2 Å². The maximum absolute atomic E-state index is 12.6. The fraction of sp³-hybridized carbons (Fsp3) is 0.136. The zero-order valence-electron chi connectivity index (χ0n) is 15.2. The SMILES string of the molecule is CN(C)c1ccc(C(=O)Cc2cccc(-c3nc4ccncc4o3)c2)cc1. The molecule has 5 heteroatoms. The van der Waals surface area contributed by atoms with Crippen LogP contribution in [-0.2, 0) is 6.42 Å². The van der Waals surface area contributed by atoms with Crippen molar-refractivity contribution >= 4 is 22.6 Å². The van der Waals surface area contributed by atoms with Crippen LogP contribution in [0.25, 0.3) is 22.6 Å². The number of rotatable bonds is 5. The Kier molecular flexibility index (Phi) is 4.42. The number of ketones is 1. The molecule has 0 aliphatic rings. The lowest BCUT2D eigenvalue weighted by Gasteiger charge is -2.12. The standard InChI is InChI=1S/C22H19N3O2/c1-25(2)18-8-6-16(7-9-18)20(26)13-15-4-3-5-17(12-15)22-24-19-10-11-23-14-21(19)27-22/h3-12,14H,13H2,1-2H3. The molecule has 27 heavy (non-hydrogen) atoms. The number of pyridine rings is 1. The Balaban J connectivity index is 1.56. The van der Waals surface area contributed by atoms with E-state index in [0.29, 0.717) is 23.5 Å². The highest BCUT2D eigenvalue weighted by Gasteiger charge is 2.11. The molecular weight excluding hydrogens is 338 g/mol. The van der Waals surface area contributed by atoms with E-state index in [1.807, 2.05) is 73.6 Å². The number of anilines is 1. The number of oxazole rings is 1. The predicted octanol–water partition coefficient (Wildman–Crippen LogP) is 4.38. The van der Waals surface area contributed by atoms with Crippen molar-refractivity contribution in [1.29, 1.82) is 0 Å². The highest BCUT2D eigenvalue weighted by atomic mass is 16.3. The van der Waals surface area contributed by atoms with Crippen molar-refractivity contribution in [2.75, 3.05) is 19.0 Å². The van der Waals surface area contributed by atoms with Gasteiger partial charge in [-0.25, -0.2) is 4.98 Å². The maximum atomic E-state index is 12.6. The number of carbonyl (C=O) groups is 1. The van der Waals surface area contributed by atoms with E-state index in [4.69, 9.17) is 4.42 Å². The fourth-order valence-electron chi connectivity index (χ4n) is 2.95. The molecule has 0 amide bonds. The van der Waals surface area contributed by atoms with Gasteiger partial charge in [0, 0.05) is 43.5 Å². The zero-order chi connectivity index (χ0) is 18.8. The Morgan fingerprint density at radius 3 is 2.63 bits per heavy atom. The predicted molar refractivity (Wildman–Crippen MR) is 106 cm³/mol. The van der Waals surface area contributed by atoms with Crippen molar-refractivity contribution < 1.29 is 9.21 Å². The second-order valence-corrected chi connectivity index (χ2v) is 6.60. The lowest BCUT2D eigenvalue weighted by atomic mass is 10.0. The second kappa shape index (κ2) is 7.03. The summed E-state index contributed by atoms with van der Waals surface area (Å²) in [4.78, 5) is 23.2. The number of fused-ring (bicyclic) bond motifs is 1. The van der Waals surface area contributed by atoms with Gasteiger partial charge in [-0.1, -0.05) is 12.1 Å². The summed E-state index contributed by atoms with van der Waals surface area (Å²) in [5, 5.41) is 0. The number of carbonyl (C=O) groups excluding carboxylic acids is 1. The monoisotopic (exact) mass is 357 g/mol. The highest BCUT2D eigenvalue weighted by Crippen LogP contribution is 2.24. The number of hydrogen-bond donors (Lipinski definition) is 0. The van der Waals surface area contributed by atoms with Gasteiger partial charge in [-0.2, -0.15) is 0 Å². The van der Waals surface area contributed by atoms with Gasteiger partial charge in [0.25, 0.3) is 0 Å². The molecule has 0 unspecified atom stereocenters. The van der Waals surface area contributed by atoms with Crippen LogP contribution in [0, 0.1) is 0 Å².